The minimum Gasteiger partial charge on any atom is -1.00 e. The fraction of sp³-hybridized carbons (Fsp3) is 0.545. The molecule has 1 unspecified atom stereocenters. The number of hydrogen-bond donors (Lipinski definition) is 1. The third kappa shape index (κ3) is 3.37. The molecule has 1 aromatic heterocycles. The molecule has 2 fully saturated rings. The first kappa shape index (κ1) is 21.4. The van der Waals surface area contributed by atoms with Crippen molar-refractivity contribution in [1.29, 1.82) is 0 Å². The van der Waals surface area contributed by atoms with Crippen LogP contribution in [-0.4, -0.2) is 49.1 Å². The van der Waals surface area contributed by atoms with E-state index in [9.17, 15) is 4.79 Å². The van der Waals surface area contributed by atoms with E-state index in [1.807, 2.05) is 23.7 Å². The van der Waals surface area contributed by atoms with Gasteiger partial charge in [0.25, 0.3) is 0 Å². The summed E-state index contributed by atoms with van der Waals surface area (Å²) in [6.45, 7) is 2.92. The summed E-state index contributed by atoms with van der Waals surface area (Å²) in [5, 5.41) is 6.59. The molecule has 0 saturated carbocycles. The second-order valence-electron chi connectivity index (χ2n) is 8.19. The summed E-state index contributed by atoms with van der Waals surface area (Å²) in [4.78, 5) is 20.6. The molecule has 3 aliphatic heterocycles. The molecule has 0 radical (unpaired) electrons. The molecule has 162 valence electrons. The Labute approximate surface area is 187 Å². The van der Waals surface area contributed by atoms with Crippen molar-refractivity contribution in [2.45, 2.75) is 37.1 Å². The van der Waals surface area contributed by atoms with Crippen LogP contribution in [0.1, 0.15) is 42.3 Å². The number of rotatable bonds is 3. The SMILES string of the molecule is COc1cccc2c1OCC[C@]21CNC[C@H]1C(=O)N1CCCCC1c1nccs1.[Cl-]. The summed E-state index contributed by atoms with van der Waals surface area (Å²) < 4.78 is 11.5. The van der Waals surface area contributed by atoms with Crippen LogP contribution in [0, 0.1) is 5.92 Å². The molecule has 0 aliphatic carbocycles. The second-order valence-corrected chi connectivity index (χ2v) is 9.11. The third-order valence-electron chi connectivity index (χ3n) is 6.81. The number of amides is 1. The Bertz CT molecular complexity index is 894. The fourth-order valence-electron chi connectivity index (χ4n) is 5.37. The van der Waals surface area contributed by atoms with Crippen LogP contribution >= 0.6 is 11.3 Å². The first-order valence-electron chi connectivity index (χ1n) is 10.5. The van der Waals surface area contributed by atoms with Crippen molar-refractivity contribution in [2.24, 2.45) is 5.92 Å². The highest BCUT2D eigenvalue weighted by Crippen LogP contribution is 2.50. The van der Waals surface area contributed by atoms with Gasteiger partial charge in [0, 0.05) is 42.2 Å². The minimum atomic E-state index is -0.246. The smallest absolute Gasteiger partial charge is 0.228 e. The highest BCUT2D eigenvalue weighted by Gasteiger charge is 2.53. The van der Waals surface area contributed by atoms with Crippen molar-refractivity contribution in [3.05, 3.63) is 40.3 Å². The van der Waals surface area contributed by atoms with E-state index < -0.39 is 0 Å². The average Bonchev–Trinajstić information content (AvgIpc) is 3.44. The number of likely N-dealkylation sites (tertiary alicyclic amines) is 1. The van der Waals surface area contributed by atoms with Gasteiger partial charge in [0.2, 0.25) is 5.91 Å². The van der Waals surface area contributed by atoms with Crippen LogP contribution in [0.3, 0.4) is 0 Å². The molecule has 3 aliphatic rings. The van der Waals surface area contributed by atoms with E-state index in [0.717, 1.165) is 60.8 Å². The van der Waals surface area contributed by atoms with Crippen molar-refractivity contribution < 1.29 is 26.7 Å². The first-order chi connectivity index (χ1) is 14.2. The van der Waals surface area contributed by atoms with Gasteiger partial charge in [0.15, 0.2) is 11.5 Å². The standard InChI is InChI=1S/C22H27N3O3S.ClH/c1-27-18-7-4-5-15-19(18)28-11-8-22(15)14-23-13-16(22)21(26)25-10-3-2-6-17(25)20-24-9-12-29-20;/h4-5,7,9,12,16-17,23H,2-3,6,8,10-11,13-14H2,1H3;1H/p-1/t16-,17?,22-;/m0./s1. The molecule has 0 bridgehead atoms. The number of para-hydroxylation sites is 1. The Morgan fingerprint density at radius 1 is 1.40 bits per heavy atom. The largest absolute Gasteiger partial charge is 1.00 e. The van der Waals surface area contributed by atoms with Crippen molar-refractivity contribution in [3.63, 3.8) is 0 Å². The Balaban J connectivity index is 0.00000218. The Morgan fingerprint density at radius 3 is 3.10 bits per heavy atom. The highest BCUT2D eigenvalue weighted by molar-refractivity contribution is 7.09. The van der Waals surface area contributed by atoms with E-state index in [1.54, 1.807) is 18.4 Å². The van der Waals surface area contributed by atoms with E-state index in [1.165, 1.54) is 0 Å². The lowest BCUT2D eigenvalue weighted by Crippen LogP contribution is -3.00. The molecule has 3 atom stereocenters. The molecule has 2 aromatic rings. The molecule has 2 saturated heterocycles. The zero-order chi connectivity index (χ0) is 19.8. The number of piperidine rings is 1. The number of halogens is 1. The molecular weight excluding hydrogens is 422 g/mol. The summed E-state index contributed by atoms with van der Waals surface area (Å²) in [6, 6.07) is 6.16. The van der Waals surface area contributed by atoms with Crippen LogP contribution in [0.15, 0.2) is 29.8 Å². The maximum absolute atomic E-state index is 13.9. The zero-order valence-electron chi connectivity index (χ0n) is 17.1. The van der Waals surface area contributed by atoms with Crippen LogP contribution in [0.25, 0.3) is 0 Å². The molecule has 1 aromatic carbocycles. The quantitative estimate of drug-likeness (QED) is 0.724. The summed E-state index contributed by atoms with van der Waals surface area (Å²) >= 11 is 1.66. The van der Waals surface area contributed by atoms with Crippen molar-refractivity contribution in [1.82, 2.24) is 15.2 Å². The van der Waals surface area contributed by atoms with E-state index in [2.05, 4.69) is 21.3 Å². The zero-order valence-corrected chi connectivity index (χ0v) is 18.7. The lowest BCUT2D eigenvalue weighted by Gasteiger charge is -2.43. The molecule has 5 rings (SSSR count). The minimum absolute atomic E-state index is 0. The van der Waals surface area contributed by atoms with E-state index >= 15 is 0 Å². The van der Waals surface area contributed by atoms with Gasteiger partial charge in [-0.15, -0.1) is 11.3 Å². The van der Waals surface area contributed by atoms with Crippen molar-refractivity contribution >= 4 is 17.2 Å². The van der Waals surface area contributed by atoms with E-state index in [0.29, 0.717) is 13.2 Å². The predicted molar refractivity (Wildman–Crippen MR) is 112 cm³/mol. The van der Waals surface area contributed by atoms with E-state index in [4.69, 9.17) is 9.47 Å². The molecule has 4 heterocycles. The van der Waals surface area contributed by atoms with Crippen LogP contribution in [0.5, 0.6) is 11.5 Å². The number of fused-ring (bicyclic) bond motifs is 2. The molecule has 30 heavy (non-hydrogen) atoms. The molecule has 6 nitrogen and oxygen atoms in total. The van der Waals surface area contributed by atoms with Gasteiger partial charge in [0.1, 0.15) is 5.01 Å². The molecular formula is C22H27ClN3O3S-. The number of carbonyl (C=O) groups is 1. The maximum atomic E-state index is 13.9. The maximum Gasteiger partial charge on any atom is 0.228 e. The Kier molecular flexibility index (Phi) is 6.23. The molecule has 1 amide bonds. The van der Waals surface area contributed by atoms with Crippen LogP contribution < -0.4 is 27.2 Å². The van der Waals surface area contributed by atoms with Crippen molar-refractivity contribution in [3.8, 4) is 11.5 Å². The Morgan fingerprint density at radius 2 is 2.30 bits per heavy atom. The number of thiazole rings is 1. The van der Waals surface area contributed by atoms with Gasteiger partial charge in [-0.05, 0) is 31.7 Å². The summed E-state index contributed by atoms with van der Waals surface area (Å²) in [7, 11) is 1.67. The Hall–Kier alpha value is -1.83. The number of carbonyl (C=O) groups excluding carboxylic acids is 1. The monoisotopic (exact) mass is 448 g/mol. The number of benzene rings is 1. The molecule has 1 spiro atoms. The van der Waals surface area contributed by atoms with Crippen LogP contribution in [-0.2, 0) is 10.2 Å². The highest BCUT2D eigenvalue weighted by atomic mass is 35.5. The third-order valence-corrected chi connectivity index (χ3v) is 7.68. The van der Waals surface area contributed by atoms with Crippen molar-refractivity contribution in [2.75, 3.05) is 33.4 Å². The van der Waals surface area contributed by atoms with Gasteiger partial charge in [-0.2, -0.15) is 0 Å². The van der Waals surface area contributed by atoms with Crippen LogP contribution in [0.2, 0.25) is 0 Å². The summed E-state index contributed by atoms with van der Waals surface area (Å²) in [5.74, 6) is 1.71. The number of nitrogens with zero attached hydrogens (tertiary/aromatic N) is 2. The van der Waals surface area contributed by atoms with Gasteiger partial charge in [0.05, 0.1) is 25.7 Å². The number of ether oxygens (including phenoxy) is 2. The number of aromatic nitrogens is 1. The van der Waals surface area contributed by atoms with Gasteiger partial charge in [-0.25, -0.2) is 4.98 Å². The molecule has 8 heteroatoms. The van der Waals surface area contributed by atoms with E-state index in [-0.39, 0.29) is 35.7 Å². The first-order valence-corrected chi connectivity index (χ1v) is 11.3. The lowest BCUT2D eigenvalue weighted by molar-refractivity contribution is -0.141. The lowest BCUT2D eigenvalue weighted by atomic mass is 9.68. The molecule has 1 N–H and O–H groups in total. The summed E-state index contributed by atoms with van der Waals surface area (Å²) in [6.07, 6.45) is 5.90. The van der Waals surface area contributed by atoms with Gasteiger partial charge in [-0.3, -0.25) is 4.79 Å². The average molecular weight is 449 g/mol. The van der Waals surface area contributed by atoms with Crippen LogP contribution in [0.4, 0.5) is 0 Å². The fourth-order valence-corrected chi connectivity index (χ4v) is 6.15. The van der Waals surface area contributed by atoms with Gasteiger partial charge < -0.3 is 32.1 Å². The topological polar surface area (TPSA) is 63.7 Å². The number of nitrogens with one attached hydrogen (secondary N) is 1. The predicted octanol–water partition coefficient (Wildman–Crippen LogP) is 0.149. The normalized spacial score (nSPS) is 27.8. The second kappa shape index (κ2) is 8.73. The van der Waals surface area contributed by atoms with Gasteiger partial charge in [-0.1, -0.05) is 12.1 Å². The number of hydrogen-bond acceptors (Lipinski definition) is 6. The number of methoxy groups -OCH3 is 1. The van der Waals surface area contributed by atoms with Gasteiger partial charge >= 0.3 is 0 Å². The summed E-state index contributed by atoms with van der Waals surface area (Å²) in [5.41, 5.74) is 0.860.